The summed E-state index contributed by atoms with van der Waals surface area (Å²) in [6.07, 6.45) is 4.52. The lowest BCUT2D eigenvalue weighted by Gasteiger charge is -2.15. The van der Waals surface area contributed by atoms with Gasteiger partial charge in [0.1, 0.15) is 12.7 Å². The Morgan fingerprint density at radius 2 is 1.93 bits per heavy atom. The molecule has 0 fully saturated rings. The second-order valence-corrected chi connectivity index (χ2v) is 5.79. The fraction of sp³-hybridized carbons (Fsp3) is 0.222. The van der Waals surface area contributed by atoms with Crippen LogP contribution in [0.15, 0.2) is 59.7 Å². The monoisotopic (exact) mass is 368 g/mol. The Kier molecular flexibility index (Phi) is 5.83. The summed E-state index contributed by atoms with van der Waals surface area (Å²) in [5.74, 6) is -0.0783. The molecule has 3 aromatic rings. The number of benzene rings is 1. The molecule has 0 saturated heterocycles. The van der Waals surface area contributed by atoms with E-state index in [0.717, 1.165) is 11.3 Å². The molecule has 140 valence electrons. The lowest BCUT2D eigenvalue weighted by atomic mass is 10.1. The Morgan fingerprint density at radius 3 is 2.59 bits per heavy atom. The summed E-state index contributed by atoms with van der Waals surface area (Å²) in [7, 11) is 0. The van der Waals surface area contributed by atoms with E-state index >= 15 is 0 Å². The predicted octanol–water partition coefficient (Wildman–Crippen LogP) is 1.65. The second kappa shape index (κ2) is 8.65. The molecule has 2 heterocycles. The Balaban J connectivity index is 1.40. The predicted molar refractivity (Wildman–Crippen MR) is 97.3 cm³/mol. The molecule has 0 aliphatic rings. The van der Waals surface area contributed by atoms with Crippen LogP contribution in [0.2, 0.25) is 0 Å². The summed E-state index contributed by atoms with van der Waals surface area (Å²) in [6.45, 7) is 2.49. The maximum absolute atomic E-state index is 12.0. The number of carbonyl (C=O) groups is 2. The number of hydrogen-bond acceptors (Lipinski definition) is 5. The van der Waals surface area contributed by atoms with Gasteiger partial charge in [-0.25, -0.2) is 14.5 Å². The number of nitrogens with zero attached hydrogens (tertiary/aromatic N) is 3. The van der Waals surface area contributed by atoms with Gasteiger partial charge in [-0.1, -0.05) is 12.1 Å². The van der Waals surface area contributed by atoms with Crippen LogP contribution in [-0.2, 0) is 0 Å². The quantitative estimate of drug-likeness (QED) is 0.549. The van der Waals surface area contributed by atoms with Crippen molar-refractivity contribution < 1.29 is 14.0 Å². The number of nitrogens with one attached hydrogen (secondary N) is 3. The fourth-order valence-electron chi connectivity index (χ4n) is 2.44. The van der Waals surface area contributed by atoms with Gasteiger partial charge < -0.3 is 20.4 Å². The van der Waals surface area contributed by atoms with Crippen molar-refractivity contribution >= 4 is 11.9 Å². The van der Waals surface area contributed by atoms with Gasteiger partial charge in [0.2, 0.25) is 0 Å². The molecular formula is C18H20N6O3. The summed E-state index contributed by atoms with van der Waals surface area (Å²) >= 11 is 0. The van der Waals surface area contributed by atoms with Gasteiger partial charge in [0.05, 0.1) is 18.0 Å². The highest BCUT2D eigenvalue weighted by Gasteiger charge is 2.10. The first-order valence-electron chi connectivity index (χ1n) is 8.44. The van der Waals surface area contributed by atoms with Gasteiger partial charge in [-0.05, 0) is 36.8 Å². The minimum Gasteiger partial charge on any atom is -0.459 e. The van der Waals surface area contributed by atoms with Gasteiger partial charge in [0, 0.05) is 13.1 Å². The highest BCUT2D eigenvalue weighted by molar-refractivity contribution is 5.91. The topological polar surface area (TPSA) is 114 Å². The van der Waals surface area contributed by atoms with Gasteiger partial charge >= 0.3 is 6.03 Å². The van der Waals surface area contributed by atoms with Gasteiger partial charge in [0.15, 0.2) is 5.76 Å². The van der Waals surface area contributed by atoms with Crippen LogP contribution in [0, 0.1) is 0 Å². The average Bonchev–Trinajstić information content (AvgIpc) is 3.39. The summed E-state index contributed by atoms with van der Waals surface area (Å²) in [5.41, 5.74) is 1.85. The van der Waals surface area contributed by atoms with Crippen LogP contribution < -0.4 is 16.0 Å². The van der Waals surface area contributed by atoms with Crippen molar-refractivity contribution in [3.63, 3.8) is 0 Å². The number of rotatable bonds is 7. The van der Waals surface area contributed by atoms with Crippen LogP contribution in [0.3, 0.4) is 0 Å². The summed E-state index contributed by atoms with van der Waals surface area (Å²) in [6, 6.07) is 10.4. The number of hydrogen-bond donors (Lipinski definition) is 3. The minimum atomic E-state index is -0.317. The third-order valence-corrected chi connectivity index (χ3v) is 3.87. The molecule has 1 aromatic carbocycles. The van der Waals surface area contributed by atoms with Crippen LogP contribution in [-0.4, -0.2) is 39.8 Å². The van der Waals surface area contributed by atoms with E-state index in [9.17, 15) is 9.59 Å². The molecule has 9 heteroatoms. The molecule has 3 rings (SSSR count). The first-order valence-corrected chi connectivity index (χ1v) is 8.44. The zero-order chi connectivity index (χ0) is 19.1. The van der Waals surface area contributed by atoms with E-state index in [2.05, 4.69) is 26.0 Å². The Morgan fingerprint density at radius 1 is 1.15 bits per heavy atom. The molecule has 0 saturated carbocycles. The molecule has 0 radical (unpaired) electrons. The largest absolute Gasteiger partial charge is 0.459 e. The van der Waals surface area contributed by atoms with E-state index in [-0.39, 0.29) is 23.7 Å². The van der Waals surface area contributed by atoms with Crippen molar-refractivity contribution in [3.8, 4) is 5.69 Å². The van der Waals surface area contributed by atoms with Crippen molar-refractivity contribution in [3.05, 3.63) is 66.6 Å². The summed E-state index contributed by atoms with van der Waals surface area (Å²) in [4.78, 5) is 27.6. The van der Waals surface area contributed by atoms with Crippen LogP contribution in [0.25, 0.3) is 5.69 Å². The Labute approximate surface area is 155 Å². The molecule has 2 aromatic heterocycles. The van der Waals surface area contributed by atoms with Gasteiger partial charge in [-0.3, -0.25) is 4.79 Å². The first-order chi connectivity index (χ1) is 13.1. The van der Waals surface area contributed by atoms with Gasteiger partial charge in [-0.2, -0.15) is 5.10 Å². The molecular weight excluding hydrogens is 348 g/mol. The van der Waals surface area contributed by atoms with Gasteiger partial charge in [-0.15, -0.1) is 0 Å². The smallest absolute Gasteiger partial charge is 0.315 e. The first kappa shape index (κ1) is 18.2. The minimum absolute atomic E-state index is 0.174. The number of urea groups is 1. The van der Waals surface area contributed by atoms with E-state index in [1.54, 1.807) is 23.1 Å². The SMILES string of the molecule is CC(NC(=O)NCCNC(=O)c1ccco1)c1ccc(-n2cncn2)cc1. The molecule has 3 N–H and O–H groups in total. The average molecular weight is 368 g/mol. The number of amides is 3. The van der Waals surface area contributed by atoms with E-state index in [1.165, 1.54) is 12.6 Å². The normalized spacial score (nSPS) is 11.6. The van der Waals surface area contributed by atoms with Crippen molar-refractivity contribution in [1.82, 2.24) is 30.7 Å². The van der Waals surface area contributed by atoms with Crippen LogP contribution >= 0.6 is 0 Å². The lowest BCUT2D eigenvalue weighted by Crippen LogP contribution is -2.41. The number of aromatic nitrogens is 3. The third kappa shape index (κ3) is 4.94. The molecule has 9 nitrogen and oxygen atoms in total. The summed E-state index contributed by atoms with van der Waals surface area (Å²) in [5, 5.41) is 12.3. The Hall–Kier alpha value is -3.62. The molecule has 1 unspecified atom stereocenters. The molecule has 3 amide bonds. The van der Waals surface area contributed by atoms with Crippen molar-refractivity contribution in [1.29, 1.82) is 0 Å². The molecule has 0 spiro atoms. The van der Waals surface area contributed by atoms with E-state index < -0.39 is 0 Å². The van der Waals surface area contributed by atoms with Crippen LogP contribution in [0.4, 0.5) is 4.79 Å². The molecule has 0 bridgehead atoms. The highest BCUT2D eigenvalue weighted by Crippen LogP contribution is 2.14. The van der Waals surface area contributed by atoms with E-state index in [1.807, 2.05) is 31.2 Å². The van der Waals surface area contributed by atoms with Crippen molar-refractivity contribution in [2.45, 2.75) is 13.0 Å². The van der Waals surface area contributed by atoms with E-state index in [0.29, 0.717) is 13.1 Å². The third-order valence-electron chi connectivity index (χ3n) is 3.87. The molecule has 1 atom stereocenters. The molecule has 27 heavy (non-hydrogen) atoms. The zero-order valence-corrected chi connectivity index (χ0v) is 14.8. The zero-order valence-electron chi connectivity index (χ0n) is 14.8. The maximum Gasteiger partial charge on any atom is 0.315 e. The number of carbonyl (C=O) groups excluding carboxylic acids is 2. The number of furan rings is 1. The van der Waals surface area contributed by atoms with Crippen molar-refractivity contribution in [2.75, 3.05) is 13.1 Å². The highest BCUT2D eigenvalue weighted by atomic mass is 16.3. The van der Waals surface area contributed by atoms with Gasteiger partial charge in [0.25, 0.3) is 5.91 Å². The summed E-state index contributed by atoms with van der Waals surface area (Å²) < 4.78 is 6.64. The van der Waals surface area contributed by atoms with Crippen LogP contribution in [0.5, 0.6) is 0 Å². The maximum atomic E-state index is 12.0. The second-order valence-electron chi connectivity index (χ2n) is 5.79. The Bertz CT molecular complexity index is 859. The molecule has 0 aliphatic heterocycles. The van der Waals surface area contributed by atoms with Crippen molar-refractivity contribution in [2.24, 2.45) is 0 Å². The molecule has 0 aliphatic carbocycles. The van der Waals surface area contributed by atoms with Crippen LogP contribution in [0.1, 0.15) is 29.1 Å². The van der Waals surface area contributed by atoms with E-state index in [4.69, 9.17) is 4.42 Å². The lowest BCUT2D eigenvalue weighted by molar-refractivity contribution is 0.0926. The standard InChI is InChI=1S/C18H20N6O3/c1-13(14-4-6-15(7-5-14)24-12-19-11-22-24)23-18(26)21-9-8-20-17(25)16-3-2-10-27-16/h2-7,10-13H,8-9H2,1H3,(H,20,25)(H2,21,23,26). The fourth-order valence-corrected chi connectivity index (χ4v) is 2.44.